The average Bonchev–Trinajstić information content (AvgIpc) is 3.27. The lowest BCUT2D eigenvalue weighted by Crippen LogP contribution is -2.30. The van der Waals surface area contributed by atoms with E-state index in [0.717, 1.165) is 77.0 Å². The van der Waals surface area contributed by atoms with Crippen LogP contribution in [0.3, 0.4) is 0 Å². The van der Waals surface area contributed by atoms with Crippen LogP contribution in [0.2, 0.25) is 0 Å². The maximum absolute atomic E-state index is 12.8. The van der Waals surface area contributed by atoms with Crippen LogP contribution in [-0.4, -0.2) is 37.2 Å². The molecule has 0 spiro atoms. The molecule has 0 aromatic carbocycles. The molecule has 0 fully saturated rings. The van der Waals surface area contributed by atoms with Crippen molar-refractivity contribution < 1.29 is 28.6 Å². The highest BCUT2D eigenvalue weighted by Gasteiger charge is 2.19. The Labute approximate surface area is 382 Å². The summed E-state index contributed by atoms with van der Waals surface area (Å²) >= 11 is 0. The first kappa shape index (κ1) is 58.6. The number of allylic oxidation sites excluding steroid dienone is 14. The fraction of sp³-hybridized carbons (Fsp3) is 0.696. The van der Waals surface area contributed by atoms with Crippen LogP contribution < -0.4 is 0 Å². The third-order valence-electron chi connectivity index (χ3n) is 10.6. The van der Waals surface area contributed by atoms with Gasteiger partial charge in [0.2, 0.25) is 0 Å². The third kappa shape index (κ3) is 47.6. The predicted molar refractivity (Wildman–Crippen MR) is 265 cm³/mol. The standard InChI is InChI=1S/C56H94O6/c1-4-7-10-13-16-19-22-25-27-28-30-31-34-37-40-43-46-49-55(58)61-52-53(51-60-54(57)48-45-42-39-36-33-24-21-18-15-12-9-6-3)62-56(59)50-47-44-41-38-35-32-29-26-23-20-17-14-11-8-5-2/h9,12,18,20-21,23,25,27,30-31,33,36-37,40,53H,4-8,10-11,13-17,19,22,24,26,28-29,32,34-35,38-39,41-52H2,1-3H3/b12-9-,21-18-,23-20-,27-25-,31-30-,36-33-,40-37-. The SMILES string of the molecule is CC/C=C\C/C=C\C/C=C\CCCCC(=O)OCC(COC(=O)CCC/C=C\C/C=C\C/C=C\CCCCCCCC)OC(=O)CCCCCCCCC/C=C\CCCCCC. The van der Waals surface area contributed by atoms with Gasteiger partial charge >= 0.3 is 17.9 Å². The van der Waals surface area contributed by atoms with E-state index in [9.17, 15) is 14.4 Å². The Morgan fingerprint density at radius 2 is 0.645 bits per heavy atom. The summed E-state index contributed by atoms with van der Waals surface area (Å²) in [5, 5.41) is 0. The number of carbonyl (C=O) groups excluding carboxylic acids is 3. The minimum atomic E-state index is -0.814. The number of ether oxygens (including phenoxy) is 3. The number of carbonyl (C=O) groups is 3. The lowest BCUT2D eigenvalue weighted by atomic mass is 10.1. The Bertz CT molecular complexity index is 1220. The van der Waals surface area contributed by atoms with E-state index in [1.165, 1.54) is 109 Å². The molecule has 0 saturated carbocycles. The van der Waals surface area contributed by atoms with Crippen LogP contribution >= 0.6 is 0 Å². The van der Waals surface area contributed by atoms with Gasteiger partial charge in [0.05, 0.1) is 0 Å². The molecule has 0 aliphatic carbocycles. The summed E-state index contributed by atoms with van der Waals surface area (Å²) in [6.07, 6.45) is 64.3. The van der Waals surface area contributed by atoms with E-state index in [4.69, 9.17) is 14.2 Å². The molecule has 6 nitrogen and oxygen atoms in total. The lowest BCUT2D eigenvalue weighted by Gasteiger charge is -2.18. The molecule has 6 heteroatoms. The van der Waals surface area contributed by atoms with Gasteiger partial charge in [-0.15, -0.1) is 0 Å². The molecular weight excluding hydrogens is 769 g/mol. The largest absolute Gasteiger partial charge is 0.462 e. The Kier molecular flexibility index (Phi) is 47.5. The quantitative estimate of drug-likeness (QED) is 0.0263. The Hall–Kier alpha value is -3.41. The zero-order chi connectivity index (χ0) is 45.1. The first-order chi connectivity index (χ1) is 30.5. The van der Waals surface area contributed by atoms with Gasteiger partial charge in [0, 0.05) is 19.3 Å². The molecule has 0 aromatic heterocycles. The molecule has 1 unspecified atom stereocenters. The van der Waals surface area contributed by atoms with Gasteiger partial charge in [-0.25, -0.2) is 0 Å². The summed E-state index contributed by atoms with van der Waals surface area (Å²) in [4.78, 5) is 37.9. The van der Waals surface area contributed by atoms with E-state index >= 15 is 0 Å². The molecule has 1 atom stereocenters. The lowest BCUT2D eigenvalue weighted by molar-refractivity contribution is -0.167. The highest BCUT2D eigenvalue weighted by molar-refractivity contribution is 5.71. The summed E-state index contributed by atoms with van der Waals surface area (Å²) in [6, 6.07) is 0. The van der Waals surface area contributed by atoms with E-state index < -0.39 is 6.10 Å². The fourth-order valence-corrected chi connectivity index (χ4v) is 6.76. The van der Waals surface area contributed by atoms with Gasteiger partial charge in [-0.05, 0) is 109 Å². The van der Waals surface area contributed by atoms with E-state index in [-0.39, 0.29) is 37.5 Å². The minimum Gasteiger partial charge on any atom is -0.462 e. The molecule has 0 aromatic rings. The van der Waals surface area contributed by atoms with Crippen molar-refractivity contribution in [1.82, 2.24) is 0 Å². The second-order valence-corrected chi connectivity index (χ2v) is 16.7. The number of rotatable bonds is 45. The van der Waals surface area contributed by atoms with Crippen molar-refractivity contribution in [3.05, 3.63) is 85.1 Å². The van der Waals surface area contributed by atoms with Gasteiger partial charge in [0.15, 0.2) is 6.10 Å². The van der Waals surface area contributed by atoms with E-state index in [2.05, 4.69) is 106 Å². The van der Waals surface area contributed by atoms with Crippen LogP contribution in [0, 0.1) is 0 Å². The third-order valence-corrected chi connectivity index (χ3v) is 10.6. The maximum Gasteiger partial charge on any atom is 0.306 e. The molecule has 0 amide bonds. The van der Waals surface area contributed by atoms with Gasteiger partial charge in [0.25, 0.3) is 0 Å². The Morgan fingerprint density at radius 1 is 0.339 bits per heavy atom. The molecule has 0 radical (unpaired) electrons. The summed E-state index contributed by atoms with van der Waals surface area (Å²) in [7, 11) is 0. The molecular formula is C56H94O6. The molecule has 0 saturated heterocycles. The van der Waals surface area contributed by atoms with Gasteiger partial charge < -0.3 is 14.2 Å². The Balaban J connectivity index is 4.50. The van der Waals surface area contributed by atoms with Crippen LogP contribution in [-0.2, 0) is 28.6 Å². The first-order valence-electron chi connectivity index (χ1n) is 25.6. The van der Waals surface area contributed by atoms with Gasteiger partial charge in [-0.1, -0.05) is 189 Å². The molecule has 62 heavy (non-hydrogen) atoms. The molecule has 0 rings (SSSR count). The summed E-state index contributed by atoms with van der Waals surface area (Å²) < 4.78 is 16.7. The highest BCUT2D eigenvalue weighted by Crippen LogP contribution is 2.13. The van der Waals surface area contributed by atoms with Crippen molar-refractivity contribution >= 4 is 17.9 Å². The van der Waals surface area contributed by atoms with Gasteiger partial charge in [-0.2, -0.15) is 0 Å². The predicted octanol–water partition coefficient (Wildman–Crippen LogP) is 16.8. The number of hydrogen-bond acceptors (Lipinski definition) is 6. The van der Waals surface area contributed by atoms with Crippen LogP contribution in [0.25, 0.3) is 0 Å². The number of unbranched alkanes of at least 4 members (excludes halogenated alkanes) is 20. The zero-order valence-electron chi connectivity index (χ0n) is 40.4. The minimum absolute atomic E-state index is 0.114. The van der Waals surface area contributed by atoms with Crippen molar-refractivity contribution in [3.63, 3.8) is 0 Å². The van der Waals surface area contributed by atoms with Crippen molar-refractivity contribution in [1.29, 1.82) is 0 Å². The maximum atomic E-state index is 12.8. The zero-order valence-corrected chi connectivity index (χ0v) is 40.4. The fourth-order valence-electron chi connectivity index (χ4n) is 6.76. The second kappa shape index (κ2) is 50.2. The van der Waals surface area contributed by atoms with Gasteiger partial charge in [-0.3, -0.25) is 14.4 Å². The molecule has 0 heterocycles. The van der Waals surface area contributed by atoms with E-state index in [1.54, 1.807) is 0 Å². The van der Waals surface area contributed by atoms with Crippen molar-refractivity contribution in [2.24, 2.45) is 0 Å². The van der Waals surface area contributed by atoms with E-state index in [1.807, 2.05) is 0 Å². The van der Waals surface area contributed by atoms with Crippen LogP contribution in [0.4, 0.5) is 0 Å². The van der Waals surface area contributed by atoms with Crippen molar-refractivity contribution in [2.75, 3.05) is 13.2 Å². The monoisotopic (exact) mass is 863 g/mol. The molecule has 0 N–H and O–H groups in total. The normalized spacial score (nSPS) is 12.8. The highest BCUT2D eigenvalue weighted by atomic mass is 16.6. The molecule has 0 aliphatic heterocycles. The molecule has 0 bridgehead atoms. The van der Waals surface area contributed by atoms with Crippen LogP contribution in [0.1, 0.15) is 233 Å². The number of hydrogen-bond donors (Lipinski definition) is 0. The number of esters is 3. The smallest absolute Gasteiger partial charge is 0.306 e. The average molecular weight is 863 g/mol. The van der Waals surface area contributed by atoms with Crippen LogP contribution in [0.5, 0.6) is 0 Å². The van der Waals surface area contributed by atoms with Crippen molar-refractivity contribution in [2.45, 2.75) is 239 Å². The molecule has 0 aliphatic rings. The second-order valence-electron chi connectivity index (χ2n) is 16.7. The topological polar surface area (TPSA) is 78.9 Å². The van der Waals surface area contributed by atoms with Crippen LogP contribution in [0.15, 0.2) is 85.1 Å². The summed E-state index contributed by atoms with van der Waals surface area (Å²) in [5.74, 6) is -1.01. The van der Waals surface area contributed by atoms with Crippen molar-refractivity contribution in [3.8, 4) is 0 Å². The van der Waals surface area contributed by atoms with E-state index in [0.29, 0.717) is 19.3 Å². The molecule has 354 valence electrons. The summed E-state index contributed by atoms with van der Waals surface area (Å²) in [5.41, 5.74) is 0. The summed E-state index contributed by atoms with van der Waals surface area (Å²) in [6.45, 7) is 6.41. The van der Waals surface area contributed by atoms with Gasteiger partial charge in [0.1, 0.15) is 13.2 Å². The Morgan fingerprint density at radius 3 is 1.11 bits per heavy atom. The first-order valence-corrected chi connectivity index (χ1v) is 25.6.